The number of benzene rings is 1. The zero-order chi connectivity index (χ0) is 18.1. The number of nitrogens with zero attached hydrogens (tertiary/aromatic N) is 4. The highest BCUT2D eigenvalue weighted by Crippen LogP contribution is 2.31. The van der Waals surface area contributed by atoms with Crippen LogP contribution in [-0.4, -0.2) is 20.2 Å². The highest BCUT2D eigenvalue weighted by atomic mass is 35.5. The molecule has 3 heterocycles. The predicted molar refractivity (Wildman–Crippen MR) is 101 cm³/mol. The predicted octanol–water partition coefficient (Wildman–Crippen LogP) is 5.41. The molecule has 26 heavy (non-hydrogen) atoms. The molecule has 6 nitrogen and oxygen atoms in total. The Labute approximate surface area is 162 Å². The summed E-state index contributed by atoms with van der Waals surface area (Å²) in [6.45, 7) is 3.89. The van der Waals surface area contributed by atoms with Crippen molar-refractivity contribution >= 4 is 34.7 Å². The topological polar surface area (TPSA) is 77.8 Å². The van der Waals surface area contributed by atoms with Crippen molar-refractivity contribution in [2.45, 2.75) is 24.8 Å². The fourth-order valence-corrected chi connectivity index (χ4v) is 3.93. The van der Waals surface area contributed by atoms with Gasteiger partial charge >= 0.3 is 0 Å². The first-order valence-electron chi connectivity index (χ1n) is 7.69. The first-order valence-corrected chi connectivity index (χ1v) is 9.87. The number of hydrogen-bond donors (Lipinski definition) is 0. The van der Waals surface area contributed by atoms with Crippen LogP contribution in [0.2, 0.25) is 5.02 Å². The van der Waals surface area contributed by atoms with E-state index < -0.39 is 0 Å². The number of oxazole rings is 1. The molecule has 0 bridgehead atoms. The first kappa shape index (κ1) is 17.3. The highest BCUT2D eigenvalue weighted by Gasteiger charge is 2.16. The van der Waals surface area contributed by atoms with Gasteiger partial charge in [-0.3, -0.25) is 0 Å². The second-order valence-corrected chi connectivity index (χ2v) is 8.03. The van der Waals surface area contributed by atoms with Crippen LogP contribution < -0.4 is 0 Å². The third kappa shape index (κ3) is 3.67. The molecule has 3 aromatic heterocycles. The molecule has 0 unspecified atom stereocenters. The molecule has 0 aliphatic rings. The molecule has 0 saturated heterocycles. The smallest absolute Gasteiger partial charge is 0.277 e. The number of aromatic nitrogens is 4. The summed E-state index contributed by atoms with van der Waals surface area (Å²) in [6.07, 6.45) is 1.63. The molecule has 4 rings (SSSR count). The quantitative estimate of drug-likeness (QED) is 0.411. The Kier molecular flexibility index (Phi) is 4.80. The van der Waals surface area contributed by atoms with E-state index in [0.717, 1.165) is 26.8 Å². The Bertz CT molecular complexity index is 1040. The number of thiazole rings is 1. The summed E-state index contributed by atoms with van der Waals surface area (Å²) in [5.74, 6) is 1.62. The Morgan fingerprint density at radius 3 is 2.62 bits per heavy atom. The van der Waals surface area contributed by atoms with E-state index >= 15 is 0 Å². The van der Waals surface area contributed by atoms with Crippen LogP contribution in [0.5, 0.6) is 0 Å². The van der Waals surface area contributed by atoms with Gasteiger partial charge in [-0.25, -0.2) is 9.97 Å². The first-order chi connectivity index (χ1) is 12.6. The fraction of sp³-hybridized carbons (Fsp3) is 0.176. The van der Waals surface area contributed by atoms with Crippen LogP contribution in [0.4, 0.5) is 0 Å². The minimum Gasteiger partial charge on any atom is -0.444 e. The molecule has 9 heteroatoms. The summed E-state index contributed by atoms with van der Waals surface area (Å²) >= 11 is 8.86. The van der Waals surface area contributed by atoms with Crippen molar-refractivity contribution in [1.29, 1.82) is 0 Å². The lowest BCUT2D eigenvalue weighted by molar-refractivity contribution is 0.466. The van der Waals surface area contributed by atoms with Crippen molar-refractivity contribution in [1.82, 2.24) is 20.2 Å². The molecular formula is C17H13ClN4O2S2. The molecule has 0 atom stereocenters. The average molecular weight is 405 g/mol. The number of hydrogen-bond acceptors (Lipinski definition) is 8. The SMILES string of the molecule is Cc1nc(C)c(-c2nnc(SCc3coc(-c4ccc(Cl)cc4)n3)o2)s1. The molecule has 0 fully saturated rings. The molecule has 0 N–H and O–H groups in total. The molecule has 132 valence electrons. The van der Waals surface area contributed by atoms with Crippen molar-refractivity contribution in [2.75, 3.05) is 0 Å². The number of aryl methyl sites for hydroxylation is 2. The van der Waals surface area contributed by atoms with Crippen molar-refractivity contribution in [3.63, 3.8) is 0 Å². The summed E-state index contributed by atoms with van der Waals surface area (Å²) in [5, 5.41) is 10.3. The molecule has 0 aliphatic carbocycles. The van der Waals surface area contributed by atoms with E-state index in [1.54, 1.807) is 29.7 Å². The number of halogens is 1. The third-order valence-corrected chi connectivity index (χ3v) is 5.66. The van der Waals surface area contributed by atoms with E-state index in [9.17, 15) is 0 Å². The zero-order valence-electron chi connectivity index (χ0n) is 13.9. The van der Waals surface area contributed by atoms with Crippen molar-refractivity contribution in [2.24, 2.45) is 0 Å². The fourth-order valence-electron chi connectivity index (χ4n) is 2.32. The van der Waals surface area contributed by atoms with Crippen molar-refractivity contribution in [3.8, 4) is 22.2 Å². The maximum atomic E-state index is 5.90. The Balaban J connectivity index is 1.43. The van der Waals surface area contributed by atoms with Crippen molar-refractivity contribution < 1.29 is 8.83 Å². The lowest BCUT2D eigenvalue weighted by Gasteiger charge is -1.94. The summed E-state index contributed by atoms with van der Waals surface area (Å²) in [5.41, 5.74) is 2.57. The molecule has 0 radical (unpaired) electrons. The molecule has 1 aromatic carbocycles. The van der Waals surface area contributed by atoms with E-state index in [0.29, 0.717) is 27.8 Å². The van der Waals surface area contributed by atoms with Gasteiger partial charge in [-0.1, -0.05) is 23.4 Å². The van der Waals surface area contributed by atoms with Gasteiger partial charge in [0.2, 0.25) is 5.89 Å². The monoisotopic (exact) mass is 404 g/mol. The molecule has 0 aliphatic heterocycles. The van der Waals surface area contributed by atoms with Gasteiger partial charge in [-0.2, -0.15) is 0 Å². The van der Waals surface area contributed by atoms with Gasteiger partial charge in [0, 0.05) is 16.3 Å². The summed E-state index contributed by atoms with van der Waals surface area (Å²) in [4.78, 5) is 9.77. The van der Waals surface area contributed by atoms with Crippen LogP contribution in [-0.2, 0) is 5.75 Å². The van der Waals surface area contributed by atoms with E-state index in [1.165, 1.54) is 11.8 Å². The van der Waals surface area contributed by atoms with Crippen LogP contribution in [0.25, 0.3) is 22.2 Å². The summed E-state index contributed by atoms with van der Waals surface area (Å²) in [7, 11) is 0. The highest BCUT2D eigenvalue weighted by molar-refractivity contribution is 7.98. The van der Waals surface area contributed by atoms with Gasteiger partial charge in [-0.05, 0) is 38.1 Å². The second-order valence-electron chi connectivity index (χ2n) is 5.46. The molecular weight excluding hydrogens is 392 g/mol. The van der Waals surface area contributed by atoms with Crippen LogP contribution in [0.15, 0.2) is 44.6 Å². The minimum atomic E-state index is 0.487. The molecule has 0 saturated carbocycles. The van der Waals surface area contributed by atoms with E-state index in [1.807, 2.05) is 26.0 Å². The van der Waals surface area contributed by atoms with Gasteiger partial charge in [-0.15, -0.1) is 21.5 Å². The second kappa shape index (κ2) is 7.22. The van der Waals surface area contributed by atoms with Crippen molar-refractivity contribution in [3.05, 3.63) is 51.9 Å². The van der Waals surface area contributed by atoms with Gasteiger partial charge < -0.3 is 8.83 Å². The number of thioether (sulfide) groups is 1. The van der Waals surface area contributed by atoms with Crippen LogP contribution in [0.1, 0.15) is 16.4 Å². The normalized spacial score (nSPS) is 11.2. The summed E-state index contributed by atoms with van der Waals surface area (Å²) in [6, 6.07) is 7.35. The van der Waals surface area contributed by atoms with E-state index in [4.69, 9.17) is 20.4 Å². The molecule has 0 amide bonds. The molecule has 4 aromatic rings. The van der Waals surface area contributed by atoms with Crippen LogP contribution in [0.3, 0.4) is 0 Å². The minimum absolute atomic E-state index is 0.487. The zero-order valence-corrected chi connectivity index (χ0v) is 16.3. The average Bonchev–Trinajstić information content (AvgIpc) is 3.33. The lowest BCUT2D eigenvalue weighted by Crippen LogP contribution is -1.82. The Morgan fingerprint density at radius 1 is 1.08 bits per heavy atom. The van der Waals surface area contributed by atoms with Crippen LogP contribution >= 0.6 is 34.7 Å². The Hall–Kier alpha value is -2.16. The van der Waals surface area contributed by atoms with E-state index in [2.05, 4.69) is 20.2 Å². The maximum Gasteiger partial charge on any atom is 0.277 e. The van der Waals surface area contributed by atoms with Gasteiger partial charge in [0.05, 0.1) is 16.4 Å². The van der Waals surface area contributed by atoms with Crippen LogP contribution in [0, 0.1) is 13.8 Å². The Morgan fingerprint density at radius 2 is 1.88 bits per heavy atom. The van der Waals surface area contributed by atoms with Gasteiger partial charge in [0.15, 0.2) is 0 Å². The van der Waals surface area contributed by atoms with Gasteiger partial charge in [0.25, 0.3) is 11.1 Å². The largest absolute Gasteiger partial charge is 0.444 e. The number of rotatable bonds is 5. The van der Waals surface area contributed by atoms with Gasteiger partial charge in [0.1, 0.15) is 11.1 Å². The third-order valence-electron chi connectivity index (χ3n) is 3.49. The summed E-state index contributed by atoms with van der Waals surface area (Å²) < 4.78 is 11.3. The molecule has 0 spiro atoms. The lowest BCUT2D eigenvalue weighted by atomic mass is 10.2. The standard InChI is InChI=1S/C17H13ClN4O2S2/c1-9-14(26-10(2)19-9)16-21-22-17(24-16)25-8-13-7-23-15(20-13)11-3-5-12(18)6-4-11/h3-7H,8H2,1-2H3. The maximum absolute atomic E-state index is 5.90. The van der Waals surface area contributed by atoms with E-state index in [-0.39, 0.29) is 0 Å².